The fourth-order valence-electron chi connectivity index (χ4n) is 4.31. The molecule has 0 atom stereocenters. The molecule has 1 aromatic carbocycles. The molecule has 0 bridgehead atoms. The van der Waals surface area contributed by atoms with Crippen LogP contribution in [0.25, 0.3) is 11.6 Å². The molecule has 41 heavy (non-hydrogen) atoms. The van der Waals surface area contributed by atoms with Crippen molar-refractivity contribution in [2.24, 2.45) is 0 Å². The van der Waals surface area contributed by atoms with Crippen molar-refractivity contribution in [1.29, 1.82) is 0 Å². The van der Waals surface area contributed by atoms with Crippen LogP contribution in [0.3, 0.4) is 0 Å². The molecule has 11 nitrogen and oxygen atoms in total. The van der Waals surface area contributed by atoms with E-state index >= 15 is 0 Å². The van der Waals surface area contributed by atoms with Gasteiger partial charge in [0.1, 0.15) is 23.7 Å². The summed E-state index contributed by atoms with van der Waals surface area (Å²) in [5, 5.41) is 6.63. The minimum atomic E-state index is -0.395. The molecule has 3 heterocycles. The number of nitrogens with one attached hydrogen (secondary N) is 1. The Morgan fingerprint density at radius 2 is 1.51 bits per heavy atom. The van der Waals surface area contributed by atoms with Crippen molar-refractivity contribution < 1.29 is 23.5 Å². The molecule has 1 fully saturated rings. The SMILES string of the molecule is Cc1nc(-c2ncc(Oc3ccc(C(C)(C)c4ccc(OC5CC(OC(=O)NC(C)(C)C)C5)cn4)cc3)cn2)no1. The van der Waals surface area contributed by atoms with Crippen molar-refractivity contribution in [2.45, 2.75) is 77.5 Å². The van der Waals surface area contributed by atoms with E-state index < -0.39 is 6.09 Å². The summed E-state index contributed by atoms with van der Waals surface area (Å²) in [5.41, 5.74) is 1.32. The molecule has 1 saturated carbocycles. The van der Waals surface area contributed by atoms with Gasteiger partial charge in [0.2, 0.25) is 17.5 Å². The summed E-state index contributed by atoms with van der Waals surface area (Å²) in [6, 6.07) is 11.8. The van der Waals surface area contributed by atoms with Crippen molar-refractivity contribution in [3.05, 3.63) is 72.1 Å². The second-order valence-electron chi connectivity index (χ2n) is 11.6. The van der Waals surface area contributed by atoms with Gasteiger partial charge in [-0.3, -0.25) is 4.98 Å². The van der Waals surface area contributed by atoms with Crippen molar-refractivity contribution in [2.75, 3.05) is 0 Å². The Balaban J connectivity index is 1.13. The molecule has 1 N–H and O–H groups in total. The first-order chi connectivity index (χ1) is 19.4. The number of benzene rings is 1. The maximum Gasteiger partial charge on any atom is 0.407 e. The van der Waals surface area contributed by atoms with Gasteiger partial charge >= 0.3 is 6.09 Å². The zero-order valence-electron chi connectivity index (χ0n) is 24.0. The molecule has 0 spiro atoms. The fourth-order valence-corrected chi connectivity index (χ4v) is 4.31. The second kappa shape index (κ2) is 11.1. The standard InChI is InChI=1S/C30H34N6O5/c1-18-34-27(36-41-18)26-32-16-24(17-33-26)38-20-9-7-19(8-10-20)30(5,6)25-12-11-21(15-31-25)39-22-13-23(14-22)40-28(37)35-29(2,3)4/h7-12,15-17,22-23H,13-14H2,1-6H3,(H,35,37). The first kappa shape index (κ1) is 28.0. The van der Waals surface area contributed by atoms with Gasteiger partial charge in [-0.05, 0) is 50.6 Å². The Kier molecular flexibility index (Phi) is 7.61. The van der Waals surface area contributed by atoms with Crippen LogP contribution in [-0.4, -0.2) is 48.9 Å². The molecule has 1 amide bonds. The van der Waals surface area contributed by atoms with Crippen LogP contribution in [0.4, 0.5) is 4.79 Å². The highest BCUT2D eigenvalue weighted by Crippen LogP contribution is 2.34. The summed E-state index contributed by atoms with van der Waals surface area (Å²) in [5.74, 6) is 2.99. The van der Waals surface area contributed by atoms with E-state index in [9.17, 15) is 4.79 Å². The Hall–Kier alpha value is -4.54. The number of ether oxygens (including phenoxy) is 3. The number of alkyl carbamates (subject to hydrolysis) is 1. The van der Waals surface area contributed by atoms with E-state index in [2.05, 4.69) is 44.3 Å². The summed E-state index contributed by atoms with van der Waals surface area (Å²) in [4.78, 5) is 29.2. The number of nitrogens with zero attached hydrogens (tertiary/aromatic N) is 5. The first-order valence-electron chi connectivity index (χ1n) is 13.5. The van der Waals surface area contributed by atoms with Gasteiger partial charge in [0.25, 0.3) is 0 Å². The predicted molar refractivity (Wildman–Crippen MR) is 150 cm³/mol. The van der Waals surface area contributed by atoms with E-state index in [1.807, 2.05) is 57.2 Å². The lowest BCUT2D eigenvalue weighted by molar-refractivity contribution is -0.0245. The summed E-state index contributed by atoms with van der Waals surface area (Å²) in [6.45, 7) is 11.7. The summed E-state index contributed by atoms with van der Waals surface area (Å²) < 4.78 is 22.4. The number of pyridine rings is 1. The number of carbonyl (C=O) groups is 1. The fraction of sp³-hybridized carbons (Fsp3) is 0.400. The molecule has 11 heteroatoms. The zero-order chi connectivity index (χ0) is 29.2. The molecule has 5 rings (SSSR count). The third kappa shape index (κ3) is 6.97. The normalized spacial score (nSPS) is 16.9. The van der Waals surface area contributed by atoms with Gasteiger partial charge in [-0.1, -0.05) is 31.1 Å². The molecule has 0 radical (unpaired) electrons. The lowest BCUT2D eigenvalue weighted by atomic mass is 9.81. The highest BCUT2D eigenvalue weighted by molar-refractivity contribution is 5.68. The van der Waals surface area contributed by atoms with Gasteiger partial charge in [-0.25, -0.2) is 14.8 Å². The van der Waals surface area contributed by atoms with E-state index in [1.165, 1.54) is 0 Å². The smallest absolute Gasteiger partial charge is 0.407 e. The number of rotatable bonds is 8. The number of hydrogen-bond donors (Lipinski definition) is 1. The van der Waals surface area contributed by atoms with E-state index in [0.29, 0.717) is 47.6 Å². The number of aryl methyl sites for hydroxylation is 1. The summed E-state index contributed by atoms with van der Waals surface area (Å²) in [6.07, 6.45) is 5.68. The van der Waals surface area contributed by atoms with E-state index in [4.69, 9.17) is 18.7 Å². The van der Waals surface area contributed by atoms with E-state index in [0.717, 1.165) is 11.3 Å². The van der Waals surface area contributed by atoms with Crippen LogP contribution in [0.15, 0.2) is 59.5 Å². The minimum Gasteiger partial charge on any atom is -0.489 e. The second-order valence-corrected chi connectivity index (χ2v) is 11.6. The third-order valence-electron chi connectivity index (χ3n) is 6.65. The Bertz CT molecular complexity index is 1470. The average Bonchev–Trinajstić information content (AvgIpc) is 3.33. The quantitative estimate of drug-likeness (QED) is 0.283. The van der Waals surface area contributed by atoms with E-state index in [1.54, 1.807) is 25.5 Å². The van der Waals surface area contributed by atoms with Gasteiger partial charge in [0.05, 0.1) is 24.3 Å². The van der Waals surface area contributed by atoms with Gasteiger partial charge in [0, 0.05) is 30.7 Å². The van der Waals surface area contributed by atoms with Crippen molar-refractivity contribution in [3.63, 3.8) is 0 Å². The van der Waals surface area contributed by atoms with Gasteiger partial charge in [-0.15, -0.1) is 0 Å². The molecule has 214 valence electrons. The van der Waals surface area contributed by atoms with Gasteiger partial charge in [-0.2, -0.15) is 4.98 Å². The highest BCUT2D eigenvalue weighted by Gasteiger charge is 2.35. The number of amides is 1. The largest absolute Gasteiger partial charge is 0.489 e. The Morgan fingerprint density at radius 3 is 2.10 bits per heavy atom. The van der Waals surface area contributed by atoms with Crippen molar-refractivity contribution >= 4 is 6.09 Å². The number of aromatic nitrogens is 5. The lowest BCUT2D eigenvalue weighted by Crippen LogP contribution is -2.46. The molecule has 3 aromatic heterocycles. The molecule has 0 aliphatic heterocycles. The highest BCUT2D eigenvalue weighted by atomic mass is 16.6. The molecule has 1 aliphatic carbocycles. The molecule has 0 unspecified atom stereocenters. The maximum atomic E-state index is 11.9. The topological polar surface area (TPSA) is 134 Å². The van der Waals surface area contributed by atoms with E-state index in [-0.39, 0.29) is 23.2 Å². The lowest BCUT2D eigenvalue weighted by Gasteiger charge is -2.35. The van der Waals surface area contributed by atoms with Gasteiger partial charge in [0.15, 0.2) is 5.75 Å². The zero-order valence-corrected chi connectivity index (χ0v) is 24.0. The average molecular weight is 559 g/mol. The van der Waals surface area contributed by atoms with Crippen LogP contribution in [0.5, 0.6) is 17.2 Å². The third-order valence-corrected chi connectivity index (χ3v) is 6.65. The van der Waals surface area contributed by atoms with Crippen LogP contribution in [0.2, 0.25) is 0 Å². The minimum absolute atomic E-state index is 0.000395. The maximum absolute atomic E-state index is 11.9. The molecule has 1 aliphatic rings. The first-order valence-corrected chi connectivity index (χ1v) is 13.5. The van der Waals surface area contributed by atoms with Crippen LogP contribution in [-0.2, 0) is 10.2 Å². The van der Waals surface area contributed by atoms with Crippen LogP contribution >= 0.6 is 0 Å². The van der Waals surface area contributed by atoms with Crippen LogP contribution in [0, 0.1) is 6.92 Å². The molecular weight excluding hydrogens is 524 g/mol. The summed E-state index contributed by atoms with van der Waals surface area (Å²) in [7, 11) is 0. The van der Waals surface area contributed by atoms with Crippen LogP contribution in [0.1, 0.15) is 64.6 Å². The molecule has 4 aromatic rings. The monoisotopic (exact) mass is 558 g/mol. The predicted octanol–water partition coefficient (Wildman–Crippen LogP) is 5.78. The number of carbonyl (C=O) groups excluding carboxylic acids is 1. The van der Waals surface area contributed by atoms with Crippen molar-refractivity contribution in [3.8, 4) is 28.9 Å². The van der Waals surface area contributed by atoms with Gasteiger partial charge < -0.3 is 24.1 Å². The summed E-state index contributed by atoms with van der Waals surface area (Å²) >= 11 is 0. The molecule has 0 saturated heterocycles. The van der Waals surface area contributed by atoms with Crippen molar-refractivity contribution in [1.82, 2.24) is 30.4 Å². The Labute approximate surface area is 238 Å². The number of hydrogen-bond acceptors (Lipinski definition) is 10. The Morgan fingerprint density at radius 1 is 0.854 bits per heavy atom. The molecular formula is C30H34N6O5. The van der Waals surface area contributed by atoms with Crippen LogP contribution < -0.4 is 14.8 Å².